The molecule has 37 heavy (non-hydrogen) atoms. The van der Waals surface area contributed by atoms with E-state index in [9.17, 15) is 14.7 Å². The van der Waals surface area contributed by atoms with Gasteiger partial charge in [0, 0.05) is 0 Å². The summed E-state index contributed by atoms with van der Waals surface area (Å²) in [5.41, 5.74) is 4.72. The highest BCUT2D eigenvalue weighted by atomic mass is 16.5. The van der Waals surface area contributed by atoms with Crippen molar-refractivity contribution in [1.29, 1.82) is 0 Å². The highest BCUT2D eigenvalue weighted by Crippen LogP contribution is 2.35. The first-order valence-corrected chi connectivity index (χ1v) is 14.7. The molecular weight excluding hydrogens is 460 g/mol. The molecule has 1 aliphatic rings. The van der Waals surface area contributed by atoms with Crippen LogP contribution in [0.1, 0.15) is 146 Å². The second kappa shape index (κ2) is 15.6. The van der Waals surface area contributed by atoms with E-state index in [1.807, 2.05) is 24.3 Å². The fraction of sp³-hybridized carbons (Fsp3) is 0.576. The number of rotatable bonds is 17. The van der Waals surface area contributed by atoms with Gasteiger partial charge in [-0.3, -0.25) is 0 Å². The number of unbranched alkanes of at least 4 members (excludes halogenated alkanes) is 10. The van der Waals surface area contributed by atoms with E-state index in [0.29, 0.717) is 0 Å². The minimum absolute atomic E-state index is 0.0731. The SMILES string of the molecule is CCCCCCCCc1cc(C(=O)O)c(C(=O)OC2CCc3ccccc32)cc1CCCCCCCC. The summed E-state index contributed by atoms with van der Waals surface area (Å²) in [7, 11) is 0. The number of aryl methyl sites for hydroxylation is 3. The fourth-order valence-electron chi connectivity index (χ4n) is 5.53. The van der Waals surface area contributed by atoms with Crippen LogP contribution in [0.15, 0.2) is 36.4 Å². The van der Waals surface area contributed by atoms with Gasteiger partial charge in [0.15, 0.2) is 0 Å². The summed E-state index contributed by atoms with van der Waals surface area (Å²) < 4.78 is 5.91. The molecule has 0 aliphatic heterocycles. The van der Waals surface area contributed by atoms with Gasteiger partial charge in [-0.2, -0.15) is 0 Å². The number of carbonyl (C=O) groups excluding carboxylic acids is 1. The van der Waals surface area contributed by atoms with E-state index in [1.165, 1.54) is 56.9 Å². The maximum Gasteiger partial charge on any atom is 0.339 e. The molecule has 0 bridgehead atoms. The van der Waals surface area contributed by atoms with Gasteiger partial charge in [-0.1, -0.05) is 102 Å². The molecule has 0 aromatic heterocycles. The van der Waals surface area contributed by atoms with Crippen LogP contribution in [0.2, 0.25) is 0 Å². The van der Waals surface area contributed by atoms with E-state index in [-0.39, 0.29) is 17.2 Å². The van der Waals surface area contributed by atoms with Crippen molar-refractivity contribution < 1.29 is 19.4 Å². The predicted molar refractivity (Wildman–Crippen MR) is 150 cm³/mol. The van der Waals surface area contributed by atoms with E-state index in [4.69, 9.17) is 4.74 Å². The molecule has 0 heterocycles. The summed E-state index contributed by atoms with van der Waals surface area (Å²) in [4.78, 5) is 25.5. The summed E-state index contributed by atoms with van der Waals surface area (Å²) in [5, 5.41) is 10.0. The number of hydrogen-bond acceptors (Lipinski definition) is 3. The van der Waals surface area contributed by atoms with E-state index in [0.717, 1.165) is 68.1 Å². The molecule has 0 saturated heterocycles. The Kier molecular flexibility index (Phi) is 12.2. The highest BCUT2D eigenvalue weighted by Gasteiger charge is 2.28. The lowest BCUT2D eigenvalue weighted by Gasteiger charge is -2.17. The molecule has 2 aromatic rings. The van der Waals surface area contributed by atoms with Crippen molar-refractivity contribution in [2.45, 2.75) is 123 Å². The zero-order valence-corrected chi connectivity index (χ0v) is 23.0. The zero-order valence-electron chi connectivity index (χ0n) is 23.0. The summed E-state index contributed by atoms with van der Waals surface area (Å²) >= 11 is 0. The van der Waals surface area contributed by atoms with Crippen LogP contribution >= 0.6 is 0 Å². The molecule has 1 N–H and O–H groups in total. The minimum atomic E-state index is -1.06. The topological polar surface area (TPSA) is 63.6 Å². The van der Waals surface area contributed by atoms with Crippen molar-refractivity contribution in [3.05, 3.63) is 69.8 Å². The van der Waals surface area contributed by atoms with Crippen LogP contribution in [0.5, 0.6) is 0 Å². The molecule has 1 atom stereocenters. The molecule has 0 amide bonds. The van der Waals surface area contributed by atoms with Crippen molar-refractivity contribution in [1.82, 2.24) is 0 Å². The van der Waals surface area contributed by atoms with Crippen molar-refractivity contribution in [2.24, 2.45) is 0 Å². The number of esters is 1. The Morgan fingerprint density at radius 2 is 1.32 bits per heavy atom. The molecular formula is C33H46O4. The number of carboxylic acid groups (broad SMARTS) is 1. The second-order valence-electron chi connectivity index (χ2n) is 10.6. The molecule has 0 radical (unpaired) electrons. The van der Waals surface area contributed by atoms with Crippen LogP contribution in [0.25, 0.3) is 0 Å². The van der Waals surface area contributed by atoms with E-state index in [2.05, 4.69) is 19.9 Å². The number of ether oxygens (including phenoxy) is 1. The van der Waals surface area contributed by atoms with Crippen LogP contribution in [-0.2, 0) is 24.0 Å². The third-order valence-electron chi connectivity index (χ3n) is 7.72. The third kappa shape index (κ3) is 8.72. The Morgan fingerprint density at radius 1 is 0.784 bits per heavy atom. The standard InChI is InChI=1S/C33H46O4/c1-3-5-7-9-11-13-18-26-23-29(32(34)35)30(24-27(26)19-14-12-10-8-6-4-2)33(36)37-31-22-21-25-17-15-16-20-28(25)31/h15-17,20,23-24,31H,3-14,18-19,21-22H2,1-2H3,(H,34,35). The average molecular weight is 507 g/mol. The molecule has 0 fully saturated rings. The Morgan fingerprint density at radius 3 is 1.92 bits per heavy atom. The number of carboxylic acids is 1. The summed E-state index contributed by atoms with van der Waals surface area (Å²) in [5.74, 6) is -1.58. The van der Waals surface area contributed by atoms with Crippen LogP contribution in [0, 0.1) is 0 Å². The Hall–Kier alpha value is -2.62. The highest BCUT2D eigenvalue weighted by molar-refractivity contribution is 6.03. The van der Waals surface area contributed by atoms with Gasteiger partial charge >= 0.3 is 11.9 Å². The normalized spacial score (nSPS) is 14.5. The number of benzene rings is 2. The lowest BCUT2D eigenvalue weighted by Crippen LogP contribution is -2.16. The van der Waals surface area contributed by atoms with Gasteiger partial charge in [0.2, 0.25) is 0 Å². The Bertz CT molecular complexity index is 1010. The minimum Gasteiger partial charge on any atom is -0.478 e. The number of carbonyl (C=O) groups is 2. The molecule has 4 nitrogen and oxygen atoms in total. The summed E-state index contributed by atoms with van der Waals surface area (Å²) in [6.45, 7) is 4.45. The smallest absolute Gasteiger partial charge is 0.339 e. The molecule has 1 unspecified atom stereocenters. The summed E-state index contributed by atoms with van der Waals surface area (Å²) in [6, 6.07) is 11.6. The molecule has 202 valence electrons. The first-order valence-electron chi connectivity index (χ1n) is 14.7. The van der Waals surface area contributed by atoms with Crippen molar-refractivity contribution in [3.63, 3.8) is 0 Å². The van der Waals surface area contributed by atoms with Crippen molar-refractivity contribution in [3.8, 4) is 0 Å². The first kappa shape index (κ1) is 28.9. The lowest BCUT2D eigenvalue weighted by molar-refractivity contribution is 0.0295. The maximum atomic E-state index is 13.3. The van der Waals surface area contributed by atoms with Gasteiger partial charge in [0.25, 0.3) is 0 Å². The molecule has 0 saturated carbocycles. The van der Waals surface area contributed by atoms with E-state index >= 15 is 0 Å². The van der Waals surface area contributed by atoms with Crippen LogP contribution in [0.4, 0.5) is 0 Å². The third-order valence-corrected chi connectivity index (χ3v) is 7.72. The summed E-state index contributed by atoms with van der Waals surface area (Å²) in [6.07, 6.45) is 17.5. The number of hydrogen-bond donors (Lipinski definition) is 1. The van der Waals surface area contributed by atoms with Gasteiger partial charge in [-0.15, -0.1) is 0 Å². The quantitative estimate of drug-likeness (QED) is 0.172. The van der Waals surface area contributed by atoms with Gasteiger partial charge in [-0.05, 0) is 72.9 Å². The van der Waals surface area contributed by atoms with Crippen LogP contribution in [-0.4, -0.2) is 17.0 Å². The maximum absolute atomic E-state index is 13.3. The molecule has 0 spiro atoms. The largest absolute Gasteiger partial charge is 0.478 e. The van der Waals surface area contributed by atoms with E-state index in [1.54, 1.807) is 6.07 Å². The molecule has 1 aliphatic carbocycles. The van der Waals surface area contributed by atoms with Gasteiger partial charge in [0.05, 0.1) is 11.1 Å². The van der Waals surface area contributed by atoms with E-state index < -0.39 is 11.9 Å². The monoisotopic (exact) mass is 506 g/mol. The number of fused-ring (bicyclic) bond motifs is 1. The second-order valence-corrected chi connectivity index (χ2v) is 10.6. The predicted octanol–water partition coefficient (Wildman–Crippen LogP) is 9.04. The van der Waals surface area contributed by atoms with Gasteiger partial charge in [0.1, 0.15) is 6.10 Å². The fourth-order valence-corrected chi connectivity index (χ4v) is 5.53. The Balaban J connectivity index is 1.76. The van der Waals surface area contributed by atoms with Gasteiger partial charge < -0.3 is 9.84 Å². The average Bonchev–Trinajstić information content (AvgIpc) is 3.30. The van der Waals surface area contributed by atoms with Gasteiger partial charge in [-0.25, -0.2) is 9.59 Å². The molecule has 3 rings (SSSR count). The Labute approximate surface area is 223 Å². The first-order chi connectivity index (χ1) is 18.0. The molecule has 4 heteroatoms. The van der Waals surface area contributed by atoms with Crippen LogP contribution < -0.4 is 0 Å². The molecule has 2 aromatic carbocycles. The number of aromatic carboxylic acids is 1. The van der Waals surface area contributed by atoms with Crippen LogP contribution in [0.3, 0.4) is 0 Å². The lowest BCUT2D eigenvalue weighted by atomic mass is 9.91. The zero-order chi connectivity index (χ0) is 26.5. The van der Waals surface area contributed by atoms with Crippen molar-refractivity contribution >= 4 is 11.9 Å². The van der Waals surface area contributed by atoms with Crippen molar-refractivity contribution in [2.75, 3.05) is 0 Å².